The number of hydrogen-bond acceptors (Lipinski definition) is 3. The molecular formula is C11H11ClFN3O. The van der Waals surface area contributed by atoms with Gasteiger partial charge in [-0.3, -0.25) is 4.68 Å². The van der Waals surface area contributed by atoms with Gasteiger partial charge in [0, 0.05) is 12.3 Å². The van der Waals surface area contributed by atoms with Crippen LogP contribution in [0.2, 0.25) is 5.02 Å². The SMILES string of the molecule is Nc1ccn(CCOc2ccc(F)c(Cl)c2)n1. The summed E-state index contributed by atoms with van der Waals surface area (Å²) in [7, 11) is 0. The molecule has 90 valence electrons. The van der Waals surface area contributed by atoms with Crippen molar-refractivity contribution in [3.63, 3.8) is 0 Å². The van der Waals surface area contributed by atoms with E-state index in [1.807, 2.05) is 0 Å². The van der Waals surface area contributed by atoms with Gasteiger partial charge in [-0.1, -0.05) is 11.6 Å². The maximum atomic E-state index is 12.9. The smallest absolute Gasteiger partial charge is 0.145 e. The molecule has 0 spiro atoms. The van der Waals surface area contributed by atoms with E-state index in [1.165, 1.54) is 18.2 Å². The summed E-state index contributed by atoms with van der Waals surface area (Å²) >= 11 is 5.62. The predicted octanol–water partition coefficient (Wildman–Crippen LogP) is 2.34. The van der Waals surface area contributed by atoms with Crippen LogP contribution in [0.5, 0.6) is 5.75 Å². The Balaban J connectivity index is 1.87. The van der Waals surface area contributed by atoms with Crippen LogP contribution >= 0.6 is 11.6 Å². The molecule has 1 aromatic carbocycles. The zero-order valence-electron chi connectivity index (χ0n) is 8.94. The Bertz CT molecular complexity index is 515. The van der Waals surface area contributed by atoms with Gasteiger partial charge >= 0.3 is 0 Å². The molecule has 0 aliphatic heterocycles. The number of benzene rings is 1. The second-order valence-corrected chi connectivity index (χ2v) is 3.84. The third kappa shape index (κ3) is 3.10. The van der Waals surface area contributed by atoms with E-state index >= 15 is 0 Å². The first-order valence-electron chi connectivity index (χ1n) is 5.02. The van der Waals surface area contributed by atoms with E-state index in [2.05, 4.69) is 5.10 Å². The van der Waals surface area contributed by atoms with Crippen molar-refractivity contribution < 1.29 is 9.13 Å². The van der Waals surface area contributed by atoms with E-state index in [1.54, 1.807) is 16.9 Å². The van der Waals surface area contributed by atoms with Gasteiger partial charge in [-0.25, -0.2) is 4.39 Å². The fourth-order valence-electron chi connectivity index (χ4n) is 1.33. The molecule has 0 amide bonds. The van der Waals surface area contributed by atoms with E-state index in [0.29, 0.717) is 24.7 Å². The average Bonchev–Trinajstić information content (AvgIpc) is 2.70. The Morgan fingerprint density at radius 3 is 2.88 bits per heavy atom. The third-order valence-electron chi connectivity index (χ3n) is 2.14. The van der Waals surface area contributed by atoms with Gasteiger partial charge in [0.1, 0.15) is 24.0 Å². The van der Waals surface area contributed by atoms with E-state index in [-0.39, 0.29) is 5.02 Å². The first-order valence-corrected chi connectivity index (χ1v) is 5.40. The number of nitrogen functional groups attached to an aromatic ring is 1. The summed E-state index contributed by atoms with van der Waals surface area (Å²) in [5.41, 5.74) is 5.47. The highest BCUT2D eigenvalue weighted by atomic mass is 35.5. The van der Waals surface area contributed by atoms with E-state index in [0.717, 1.165) is 0 Å². The molecule has 0 atom stereocenters. The van der Waals surface area contributed by atoms with Crippen molar-refractivity contribution in [3.05, 3.63) is 41.3 Å². The maximum absolute atomic E-state index is 12.9. The number of aromatic nitrogens is 2. The van der Waals surface area contributed by atoms with Crippen molar-refractivity contribution >= 4 is 17.4 Å². The molecule has 2 aromatic rings. The van der Waals surface area contributed by atoms with Crippen molar-refractivity contribution in [2.24, 2.45) is 0 Å². The molecule has 0 aliphatic carbocycles. The number of ether oxygens (including phenoxy) is 1. The van der Waals surface area contributed by atoms with Gasteiger partial charge in [-0.15, -0.1) is 0 Å². The van der Waals surface area contributed by atoms with E-state index in [9.17, 15) is 4.39 Å². The lowest BCUT2D eigenvalue weighted by Gasteiger charge is -2.06. The number of anilines is 1. The Labute approximate surface area is 103 Å². The van der Waals surface area contributed by atoms with Crippen LogP contribution in [0.3, 0.4) is 0 Å². The van der Waals surface area contributed by atoms with Crippen molar-refractivity contribution in [2.45, 2.75) is 6.54 Å². The number of rotatable bonds is 4. The third-order valence-corrected chi connectivity index (χ3v) is 2.43. The van der Waals surface area contributed by atoms with Crippen LogP contribution in [0.15, 0.2) is 30.5 Å². The highest BCUT2D eigenvalue weighted by Crippen LogP contribution is 2.20. The quantitative estimate of drug-likeness (QED) is 0.912. The Morgan fingerprint density at radius 1 is 1.41 bits per heavy atom. The molecular weight excluding hydrogens is 245 g/mol. The van der Waals surface area contributed by atoms with Gasteiger partial charge in [0.05, 0.1) is 11.6 Å². The van der Waals surface area contributed by atoms with Crippen LogP contribution in [-0.2, 0) is 6.54 Å². The lowest BCUT2D eigenvalue weighted by Crippen LogP contribution is -2.09. The molecule has 1 aromatic heterocycles. The van der Waals surface area contributed by atoms with Crippen LogP contribution in [0.25, 0.3) is 0 Å². The highest BCUT2D eigenvalue weighted by molar-refractivity contribution is 6.30. The fourth-order valence-corrected chi connectivity index (χ4v) is 1.50. The number of hydrogen-bond donors (Lipinski definition) is 1. The van der Waals surface area contributed by atoms with Crippen molar-refractivity contribution in [1.82, 2.24) is 9.78 Å². The summed E-state index contributed by atoms with van der Waals surface area (Å²) in [5.74, 6) is 0.533. The molecule has 0 aliphatic rings. The molecule has 0 fully saturated rings. The second kappa shape index (κ2) is 5.05. The molecule has 1 heterocycles. The summed E-state index contributed by atoms with van der Waals surface area (Å²) in [6.07, 6.45) is 1.76. The van der Waals surface area contributed by atoms with Gasteiger partial charge in [0.2, 0.25) is 0 Å². The number of nitrogens with zero attached hydrogens (tertiary/aromatic N) is 2. The van der Waals surface area contributed by atoms with Crippen molar-refractivity contribution in [3.8, 4) is 5.75 Å². The van der Waals surface area contributed by atoms with Crippen LogP contribution in [-0.4, -0.2) is 16.4 Å². The number of halogens is 2. The Morgan fingerprint density at radius 2 is 2.24 bits per heavy atom. The molecule has 17 heavy (non-hydrogen) atoms. The van der Waals surface area contributed by atoms with Gasteiger partial charge in [-0.05, 0) is 18.2 Å². The topological polar surface area (TPSA) is 53.1 Å². The number of nitrogens with two attached hydrogens (primary N) is 1. The van der Waals surface area contributed by atoms with Crippen LogP contribution < -0.4 is 10.5 Å². The normalized spacial score (nSPS) is 10.5. The molecule has 0 unspecified atom stereocenters. The standard InChI is InChI=1S/C11H11ClFN3O/c12-9-7-8(1-2-10(9)13)17-6-5-16-4-3-11(14)15-16/h1-4,7H,5-6H2,(H2,14,15). The lowest BCUT2D eigenvalue weighted by atomic mass is 10.3. The minimum Gasteiger partial charge on any atom is -0.492 e. The fraction of sp³-hybridized carbons (Fsp3) is 0.182. The summed E-state index contributed by atoms with van der Waals surface area (Å²) < 4.78 is 19.9. The molecule has 2 rings (SSSR count). The van der Waals surface area contributed by atoms with Crippen LogP contribution in [0.4, 0.5) is 10.2 Å². The minimum absolute atomic E-state index is 0.0471. The molecule has 6 heteroatoms. The average molecular weight is 256 g/mol. The Hall–Kier alpha value is -1.75. The van der Waals surface area contributed by atoms with Gasteiger partial charge < -0.3 is 10.5 Å². The molecule has 2 N–H and O–H groups in total. The van der Waals surface area contributed by atoms with Gasteiger partial charge in [0.15, 0.2) is 0 Å². The zero-order chi connectivity index (χ0) is 12.3. The highest BCUT2D eigenvalue weighted by Gasteiger charge is 2.01. The lowest BCUT2D eigenvalue weighted by molar-refractivity contribution is 0.291. The summed E-state index contributed by atoms with van der Waals surface area (Å²) in [6.45, 7) is 0.968. The summed E-state index contributed by atoms with van der Waals surface area (Å²) in [5, 5.41) is 4.05. The zero-order valence-corrected chi connectivity index (χ0v) is 9.69. The van der Waals surface area contributed by atoms with Gasteiger partial charge in [0.25, 0.3) is 0 Å². The first kappa shape index (κ1) is 11.7. The molecule has 4 nitrogen and oxygen atoms in total. The summed E-state index contributed by atoms with van der Waals surface area (Å²) in [4.78, 5) is 0. The maximum Gasteiger partial charge on any atom is 0.145 e. The molecule has 0 bridgehead atoms. The molecule has 0 saturated carbocycles. The first-order chi connectivity index (χ1) is 8.15. The summed E-state index contributed by atoms with van der Waals surface area (Å²) in [6, 6.07) is 5.94. The van der Waals surface area contributed by atoms with E-state index in [4.69, 9.17) is 22.1 Å². The Kier molecular flexibility index (Phi) is 3.49. The van der Waals surface area contributed by atoms with Crippen molar-refractivity contribution in [2.75, 3.05) is 12.3 Å². The largest absolute Gasteiger partial charge is 0.492 e. The van der Waals surface area contributed by atoms with E-state index < -0.39 is 5.82 Å². The van der Waals surface area contributed by atoms with Crippen molar-refractivity contribution in [1.29, 1.82) is 0 Å². The second-order valence-electron chi connectivity index (χ2n) is 3.43. The van der Waals surface area contributed by atoms with Gasteiger partial charge in [-0.2, -0.15) is 5.10 Å². The van der Waals surface area contributed by atoms with Crippen LogP contribution in [0, 0.1) is 5.82 Å². The minimum atomic E-state index is -0.459. The predicted molar refractivity (Wildman–Crippen MR) is 63.5 cm³/mol. The molecule has 0 radical (unpaired) electrons. The monoisotopic (exact) mass is 255 g/mol. The van der Waals surface area contributed by atoms with Crippen LogP contribution in [0.1, 0.15) is 0 Å². The molecule has 0 saturated heterocycles.